The Morgan fingerprint density at radius 1 is 1.45 bits per heavy atom. The predicted molar refractivity (Wildman–Crippen MR) is 74.4 cm³/mol. The van der Waals surface area contributed by atoms with E-state index in [1.807, 2.05) is 0 Å². The van der Waals surface area contributed by atoms with E-state index in [0.717, 1.165) is 15.6 Å². The number of carbonyl (C=O) groups is 2. The first kappa shape index (κ1) is 16.6. The molecule has 112 valence electrons. The summed E-state index contributed by atoms with van der Waals surface area (Å²) in [6, 6.07) is 0.772. The first-order valence-corrected chi connectivity index (χ1v) is 8.01. The molecule has 0 aliphatic rings. The lowest BCUT2D eigenvalue weighted by Crippen LogP contribution is -2.35. The third kappa shape index (κ3) is 3.78. The Morgan fingerprint density at radius 3 is 2.55 bits per heavy atom. The minimum absolute atomic E-state index is 0.0518. The summed E-state index contributed by atoms with van der Waals surface area (Å²) in [4.78, 5) is 22.5. The van der Waals surface area contributed by atoms with Gasteiger partial charge in [0.15, 0.2) is 0 Å². The molecule has 1 aromatic rings. The van der Waals surface area contributed by atoms with Crippen molar-refractivity contribution in [3.05, 3.63) is 16.3 Å². The van der Waals surface area contributed by atoms with Gasteiger partial charge in [-0.3, -0.25) is 9.59 Å². The van der Waals surface area contributed by atoms with Crippen LogP contribution in [0, 0.1) is 0 Å². The number of nitrogens with zero attached hydrogens (tertiary/aromatic N) is 1. The molecule has 0 saturated carbocycles. The second-order valence-corrected chi connectivity index (χ2v) is 7.41. The van der Waals surface area contributed by atoms with Crippen molar-refractivity contribution < 1.29 is 23.1 Å². The number of thiophene rings is 1. The minimum atomic E-state index is -3.70. The zero-order chi connectivity index (χ0) is 15.5. The molecule has 0 bridgehead atoms. The van der Waals surface area contributed by atoms with E-state index in [4.69, 9.17) is 5.11 Å². The first-order valence-electron chi connectivity index (χ1n) is 5.69. The largest absolute Gasteiger partial charge is 0.481 e. The molecule has 1 rings (SSSR count). The SMILES string of the molecule is CC(CC(=O)O)NC(=O)c1sccc1S(=O)(=O)N(C)C. The molecule has 1 aromatic heterocycles. The number of hydrogen-bond acceptors (Lipinski definition) is 5. The highest BCUT2D eigenvalue weighted by molar-refractivity contribution is 7.89. The molecular formula is C11H16N2O5S2. The zero-order valence-corrected chi connectivity index (χ0v) is 12.9. The number of aliphatic carboxylic acids is 1. The van der Waals surface area contributed by atoms with Crippen LogP contribution in [0.1, 0.15) is 23.0 Å². The van der Waals surface area contributed by atoms with Crippen LogP contribution in [0.4, 0.5) is 0 Å². The molecular weight excluding hydrogens is 304 g/mol. The van der Waals surface area contributed by atoms with E-state index < -0.39 is 27.9 Å². The van der Waals surface area contributed by atoms with Gasteiger partial charge < -0.3 is 10.4 Å². The van der Waals surface area contributed by atoms with Gasteiger partial charge in [0, 0.05) is 20.1 Å². The summed E-state index contributed by atoms with van der Waals surface area (Å²) in [5.41, 5.74) is 0. The molecule has 0 radical (unpaired) electrons. The number of hydrogen-bond donors (Lipinski definition) is 2. The Hall–Kier alpha value is -1.45. The zero-order valence-electron chi connectivity index (χ0n) is 11.3. The van der Waals surface area contributed by atoms with Crippen LogP contribution in [-0.4, -0.2) is 49.8 Å². The Bertz CT molecular complexity index is 606. The molecule has 9 heteroatoms. The van der Waals surface area contributed by atoms with Crippen LogP contribution in [0.3, 0.4) is 0 Å². The molecule has 20 heavy (non-hydrogen) atoms. The first-order chi connectivity index (χ1) is 9.16. The van der Waals surface area contributed by atoms with Gasteiger partial charge in [-0.15, -0.1) is 11.3 Å². The highest BCUT2D eigenvalue weighted by atomic mass is 32.2. The number of sulfonamides is 1. The molecule has 0 fully saturated rings. The highest BCUT2D eigenvalue weighted by Gasteiger charge is 2.26. The van der Waals surface area contributed by atoms with Crippen LogP contribution in [0.15, 0.2) is 16.3 Å². The minimum Gasteiger partial charge on any atom is -0.481 e. The summed E-state index contributed by atoms with van der Waals surface area (Å²) in [6.45, 7) is 1.54. The molecule has 1 atom stereocenters. The molecule has 0 aliphatic carbocycles. The fourth-order valence-corrected chi connectivity index (χ4v) is 3.66. The number of nitrogens with one attached hydrogen (secondary N) is 1. The predicted octanol–water partition coefficient (Wildman–Crippen LogP) is 0.591. The monoisotopic (exact) mass is 320 g/mol. The van der Waals surface area contributed by atoms with Gasteiger partial charge in [0.25, 0.3) is 5.91 Å². The highest BCUT2D eigenvalue weighted by Crippen LogP contribution is 2.24. The van der Waals surface area contributed by atoms with E-state index in [2.05, 4.69) is 5.32 Å². The fraction of sp³-hybridized carbons (Fsp3) is 0.455. The molecule has 1 amide bonds. The molecule has 0 aromatic carbocycles. The van der Waals surface area contributed by atoms with Crippen molar-refractivity contribution in [1.29, 1.82) is 0 Å². The molecule has 0 aliphatic heterocycles. The third-order valence-electron chi connectivity index (χ3n) is 2.45. The number of amides is 1. The van der Waals surface area contributed by atoms with Crippen LogP contribution in [0.5, 0.6) is 0 Å². The lowest BCUT2D eigenvalue weighted by molar-refractivity contribution is -0.137. The van der Waals surface area contributed by atoms with Gasteiger partial charge in [0.1, 0.15) is 9.77 Å². The normalized spacial score (nSPS) is 13.2. The van der Waals surface area contributed by atoms with Crippen LogP contribution in [-0.2, 0) is 14.8 Å². The summed E-state index contributed by atoms with van der Waals surface area (Å²) in [6.07, 6.45) is -0.229. The maximum Gasteiger partial charge on any atom is 0.305 e. The second kappa shape index (κ2) is 6.33. The maximum absolute atomic E-state index is 12.0. The topological polar surface area (TPSA) is 104 Å². The van der Waals surface area contributed by atoms with Gasteiger partial charge in [-0.1, -0.05) is 0 Å². The van der Waals surface area contributed by atoms with Crippen LogP contribution < -0.4 is 5.32 Å². The quantitative estimate of drug-likeness (QED) is 0.798. The molecule has 0 saturated heterocycles. The van der Waals surface area contributed by atoms with Gasteiger partial charge in [-0.05, 0) is 18.4 Å². The summed E-state index contributed by atoms with van der Waals surface area (Å²) in [7, 11) is -0.948. The van der Waals surface area contributed by atoms with Gasteiger partial charge in [0.2, 0.25) is 10.0 Å². The Balaban J connectivity index is 2.97. The summed E-state index contributed by atoms with van der Waals surface area (Å²) in [5.74, 6) is -1.63. The standard InChI is InChI=1S/C11H16N2O5S2/c1-7(6-9(14)15)12-11(16)10-8(4-5-19-10)20(17,18)13(2)3/h4-5,7H,6H2,1-3H3,(H,12,16)(H,14,15). The second-order valence-electron chi connectivity index (χ2n) is 4.37. The number of rotatable bonds is 6. The smallest absolute Gasteiger partial charge is 0.305 e. The van der Waals surface area contributed by atoms with Crippen molar-refractivity contribution in [1.82, 2.24) is 9.62 Å². The Labute approximate surface area is 121 Å². The maximum atomic E-state index is 12.0. The van der Waals surface area contributed by atoms with Crippen molar-refractivity contribution in [2.24, 2.45) is 0 Å². The number of carbonyl (C=O) groups excluding carboxylic acids is 1. The number of carboxylic acids is 1. The molecule has 1 heterocycles. The fourth-order valence-electron chi connectivity index (χ4n) is 1.47. The van der Waals surface area contributed by atoms with E-state index in [0.29, 0.717) is 0 Å². The van der Waals surface area contributed by atoms with Crippen molar-refractivity contribution in [2.45, 2.75) is 24.3 Å². The average molecular weight is 320 g/mol. The van der Waals surface area contributed by atoms with Gasteiger partial charge >= 0.3 is 5.97 Å². The van der Waals surface area contributed by atoms with Crippen molar-refractivity contribution in [3.8, 4) is 0 Å². The summed E-state index contributed by atoms with van der Waals surface area (Å²) < 4.78 is 25.1. The van der Waals surface area contributed by atoms with Crippen molar-refractivity contribution >= 4 is 33.2 Å². The van der Waals surface area contributed by atoms with Gasteiger partial charge in [-0.2, -0.15) is 0 Å². The number of carboxylic acid groups (broad SMARTS) is 1. The molecule has 7 nitrogen and oxygen atoms in total. The van der Waals surface area contributed by atoms with Crippen molar-refractivity contribution in [3.63, 3.8) is 0 Å². The van der Waals surface area contributed by atoms with Crippen LogP contribution >= 0.6 is 11.3 Å². The summed E-state index contributed by atoms with van der Waals surface area (Å²) >= 11 is 0.997. The van der Waals surface area contributed by atoms with E-state index in [1.54, 1.807) is 6.92 Å². The van der Waals surface area contributed by atoms with E-state index >= 15 is 0 Å². The van der Waals surface area contributed by atoms with Crippen molar-refractivity contribution in [2.75, 3.05) is 14.1 Å². The Kier molecular flexibility index (Phi) is 5.26. The van der Waals surface area contributed by atoms with Crippen LogP contribution in [0.25, 0.3) is 0 Å². The van der Waals surface area contributed by atoms with Gasteiger partial charge in [-0.25, -0.2) is 12.7 Å². The van der Waals surface area contributed by atoms with Gasteiger partial charge in [0.05, 0.1) is 6.42 Å². The summed E-state index contributed by atoms with van der Waals surface area (Å²) in [5, 5.41) is 12.6. The van der Waals surface area contributed by atoms with E-state index in [1.165, 1.54) is 25.5 Å². The molecule has 1 unspecified atom stereocenters. The van der Waals surface area contributed by atoms with E-state index in [9.17, 15) is 18.0 Å². The third-order valence-corrected chi connectivity index (χ3v) is 5.35. The Morgan fingerprint density at radius 2 is 2.05 bits per heavy atom. The molecule has 2 N–H and O–H groups in total. The lowest BCUT2D eigenvalue weighted by Gasteiger charge is -2.14. The molecule has 0 spiro atoms. The van der Waals surface area contributed by atoms with E-state index in [-0.39, 0.29) is 16.2 Å². The lowest BCUT2D eigenvalue weighted by atomic mass is 10.2. The van der Waals surface area contributed by atoms with Crippen LogP contribution in [0.2, 0.25) is 0 Å². The average Bonchev–Trinajstić information content (AvgIpc) is 2.76.